The normalized spacial score (nSPS) is 10.5. The molecule has 0 aliphatic rings. The van der Waals surface area contributed by atoms with E-state index in [-0.39, 0.29) is 18.4 Å². The van der Waals surface area contributed by atoms with Crippen molar-refractivity contribution in [2.24, 2.45) is 0 Å². The van der Waals surface area contributed by atoms with Gasteiger partial charge in [0.05, 0.1) is 12.2 Å². The fraction of sp³-hybridized carbons (Fsp3) is 0.176. The summed E-state index contributed by atoms with van der Waals surface area (Å²) in [7, 11) is 0. The maximum absolute atomic E-state index is 13.0. The standard InChI is InChI=1S/C17H17FN6O/c1-11-3-6-14(9-12(11)2)20-17(25)19-10-16-21-22-23-24(16)15-7-4-13(18)5-8-15/h3-9H,10H2,1-2H3,(H2,19,20,25). The number of rotatable bonds is 4. The minimum atomic E-state index is -0.364. The zero-order chi connectivity index (χ0) is 17.8. The van der Waals surface area contributed by atoms with Crippen LogP contribution in [0.3, 0.4) is 0 Å². The number of hydrogen-bond donors (Lipinski definition) is 2. The van der Waals surface area contributed by atoms with Gasteiger partial charge in [-0.15, -0.1) is 5.10 Å². The molecule has 1 heterocycles. The van der Waals surface area contributed by atoms with Crippen molar-refractivity contribution in [3.63, 3.8) is 0 Å². The Labute approximate surface area is 143 Å². The van der Waals surface area contributed by atoms with Crippen molar-refractivity contribution < 1.29 is 9.18 Å². The Morgan fingerprint density at radius 2 is 1.88 bits per heavy atom. The Kier molecular flexibility index (Phi) is 4.69. The predicted octanol–water partition coefficient (Wildman–Crippen LogP) is 2.74. The highest BCUT2D eigenvalue weighted by Gasteiger charge is 2.10. The van der Waals surface area contributed by atoms with Crippen LogP contribution in [0.5, 0.6) is 0 Å². The van der Waals surface area contributed by atoms with E-state index in [4.69, 9.17) is 0 Å². The quantitative estimate of drug-likeness (QED) is 0.765. The molecule has 3 rings (SSSR count). The van der Waals surface area contributed by atoms with Crippen LogP contribution in [0.15, 0.2) is 42.5 Å². The molecule has 0 aliphatic heterocycles. The average molecular weight is 340 g/mol. The lowest BCUT2D eigenvalue weighted by Crippen LogP contribution is -2.29. The van der Waals surface area contributed by atoms with Gasteiger partial charge in [-0.25, -0.2) is 9.18 Å². The summed E-state index contributed by atoms with van der Waals surface area (Å²) in [5, 5.41) is 16.8. The van der Waals surface area contributed by atoms with Crippen molar-refractivity contribution in [1.29, 1.82) is 0 Å². The zero-order valence-corrected chi connectivity index (χ0v) is 13.8. The first-order chi connectivity index (χ1) is 12.0. The van der Waals surface area contributed by atoms with Gasteiger partial charge in [0.25, 0.3) is 0 Å². The van der Waals surface area contributed by atoms with Crippen molar-refractivity contribution in [3.8, 4) is 5.69 Å². The molecule has 0 atom stereocenters. The van der Waals surface area contributed by atoms with Crippen molar-refractivity contribution in [2.75, 3.05) is 5.32 Å². The number of tetrazole rings is 1. The number of nitrogens with zero attached hydrogens (tertiary/aromatic N) is 4. The molecule has 0 saturated heterocycles. The van der Waals surface area contributed by atoms with Crippen molar-refractivity contribution >= 4 is 11.7 Å². The lowest BCUT2D eigenvalue weighted by Gasteiger charge is -2.09. The molecule has 1 aromatic heterocycles. The number of urea groups is 1. The van der Waals surface area contributed by atoms with Gasteiger partial charge in [-0.2, -0.15) is 4.68 Å². The fourth-order valence-corrected chi connectivity index (χ4v) is 2.25. The minimum Gasteiger partial charge on any atom is -0.330 e. The number of aryl methyl sites for hydroxylation is 2. The average Bonchev–Trinajstić information content (AvgIpc) is 3.06. The number of amides is 2. The van der Waals surface area contributed by atoms with Crippen LogP contribution in [0.2, 0.25) is 0 Å². The summed E-state index contributed by atoms with van der Waals surface area (Å²) in [5.74, 6) is 0.0890. The highest BCUT2D eigenvalue weighted by molar-refractivity contribution is 5.89. The second-order valence-electron chi connectivity index (χ2n) is 5.59. The van der Waals surface area contributed by atoms with E-state index in [9.17, 15) is 9.18 Å². The molecule has 0 saturated carbocycles. The molecular formula is C17H17FN6O. The van der Waals surface area contributed by atoms with Crippen LogP contribution >= 0.6 is 0 Å². The molecule has 7 nitrogen and oxygen atoms in total. The number of nitrogens with one attached hydrogen (secondary N) is 2. The highest BCUT2D eigenvalue weighted by Crippen LogP contribution is 2.14. The van der Waals surface area contributed by atoms with E-state index >= 15 is 0 Å². The van der Waals surface area contributed by atoms with E-state index in [0.29, 0.717) is 17.2 Å². The Balaban J connectivity index is 1.64. The van der Waals surface area contributed by atoms with Crippen LogP contribution in [0.25, 0.3) is 5.69 Å². The minimum absolute atomic E-state index is 0.126. The third-order valence-electron chi connectivity index (χ3n) is 3.78. The summed E-state index contributed by atoms with van der Waals surface area (Å²) in [6.07, 6.45) is 0. The monoisotopic (exact) mass is 340 g/mol. The van der Waals surface area contributed by atoms with Crippen LogP contribution < -0.4 is 10.6 Å². The van der Waals surface area contributed by atoms with E-state index in [2.05, 4.69) is 26.2 Å². The molecule has 0 radical (unpaired) electrons. The summed E-state index contributed by atoms with van der Waals surface area (Å²) in [4.78, 5) is 12.0. The van der Waals surface area contributed by atoms with Gasteiger partial charge in [-0.3, -0.25) is 0 Å². The molecule has 25 heavy (non-hydrogen) atoms. The molecule has 0 bridgehead atoms. The van der Waals surface area contributed by atoms with Gasteiger partial charge < -0.3 is 10.6 Å². The van der Waals surface area contributed by atoms with Gasteiger partial charge in [0.1, 0.15) is 5.82 Å². The van der Waals surface area contributed by atoms with Crippen molar-refractivity contribution in [2.45, 2.75) is 20.4 Å². The number of halogens is 1. The summed E-state index contributed by atoms with van der Waals surface area (Å²) in [5.41, 5.74) is 3.57. The molecule has 0 spiro atoms. The third-order valence-corrected chi connectivity index (χ3v) is 3.78. The van der Waals surface area contributed by atoms with Crippen molar-refractivity contribution in [1.82, 2.24) is 25.5 Å². The largest absolute Gasteiger partial charge is 0.330 e. The Bertz CT molecular complexity index is 890. The number of anilines is 1. The molecule has 128 valence electrons. The summed E-state index contributed by atoms with van der Waals surface area (Å²) < 4.78 is 14.5. The number of carbonyl (C=O) groups excluding carboxylic acids is 1. The number of aromatic nitrogens is 4. The molecule has 0 aliphatic carbocycles. The van der Waals surface area contributed by atoms with E-state index in [1.54, 1.807) is 12.1 Å². The summed E-state index contributed by atoms with van der Waals surface area (Å²) in [6, 6.07) is 11.1. The summed E-state index contributed by atoms with van der Waals surface area (Å²) in [6.45, 7) is 4.12. The lowest BCUT2D eigenvalue weighted by atomic mass is 10.1. The highest BCUT2D eigenvalue weighted by atomic mass is 19.1. The second kappa shape index (κ2) is 7.08. The first-order valence-electron chi connectivity index (χ1n) is 7.68. The van der Waals surface area contributed by atoms with E-state index < -0.39 is 0 Å². The first kappa shape index (κ1) is 16.6. The first-order valence-corrected chi connectivity index (χ1v) is 7.68. The van der Waals surface area contributed by atoms with Gasteiger partial charge in [0, 0.05) is 5.69 Å². The van der Waals surface area contributed by atoms with Gasteiger partial charge in [0.2, 0.25) is 0 Å². The Morgan fingerprint density at radius 3 is 2.60 bits per heavy atom. The van der Waals surface area contributed by atoms with Crippen LogP contribution in [0, 0.1) is 19.7 Å². The zero-order valence-electron chi connectivity index (χ0n) is 13.8. The predicted molar refractivity (Wildman–Crippen MR) is 90.9 cm³/mol. The van der Waals surface area contributed by atoms with Crippen molar-refractivity contribution in [3.05, 3.63) is 65.2 Å². The second-order valence-corrected chi connectivity index (χ2v) is 5.59. The number of benzene rings is 2. The maximum atomic E-state index is 13.0. The van der Waals surface area contributed by atoms with Crippen LogP contribution in [-0.4, -0.2) is 26.2 Å². The number of hydrogen-bond acceptors (Lipinski definition) is 4. The van der Waals surface area contributed by atoms with E-state index in [0.717, 1.165) is 11.1 Å². The molecule has 2 aromatic carbocycles. The molecule has 2 amide bonds. The fourth-order valence-electron chi connectivity index (χ4n) is 2.25. The summed E-state index contributed by atoms with van der Waals surface area (Å²) >= 11 is 0. The van der Waals surface area contributed by atoms with Gasteiger partial charge in [-0.1, -0.05) is 6.07 Å². The van der Waals surface area contributed by atoms with E-state index in [1.807, 2.05) is 32.0 Å². The molecule has 3 aromatic rings. The Morgan fingerprint density at radius 1 is 1.12 bits per heavy atom. The number of carbonyl (C=O) groups is 1. The maximum Gasteiger partial charge on any atom is 0.319 e. The molecular weight excluding hydrogens is 323 g/mol. The van der Waals surface area contributed by atoms with Gasteiger partial charge in [-0.05, 0) is 71.8 Å². The topological polar surface area (TPSA) is 84.7 Å². The van der Waals surface area contributed by atoms with Gasteiger partial charge in [0.15, 0.2) is 5.82 Å². The van der Waals surface area contributed by atoms with E-state index in [1.165, 1.54) is 16.8 Å². The molecule has 0 fully saturated rings. The molecule has 8 heteroatoms. The SMILES string of the molecule is Cc1ccc(NC(=O)NCc2nnnn2-c2ccc(F)cc2)cc1C. The Hall–Kier alpha value is -3.29. The smallest absolute Gasteiger partial charge is 0.319 e. The van der Waals surface area contributed by atoms with Crippen LogP contribution in [-0.2, 0) is 6.54 Å². The van der Waals surface area contributed by atoms with Gasteiger partial charge >= 0.3 is 6.03 Å². The lowest BCUT2D eigenvalue weighted by molar-refractivity contribution is 0.251. The van der Waals surface area contributed by atoms with Crippen LogP contribution in [0.1, 0.15) is 17.0 Å². The van der Waals surface area contributed by atoms with Crippen LogP contribution in [0.4, 0.5) is 14.9 Å². The molecule has 2 N–H and O–H groups in total. The third kappa shape index (κ3) is 3.97. The molecule has 0 unspecified atom stereocenters.